The molecule has 0 aliphatic rings. The van der Waals surface area contributed by atoms with Crippen LogP contribution < -0.4 is 12.6 Å². The van der Waals surface area contributed by atoms with Crippen LogP contribution in [0.25, 0.3) is 0 Å². The molecule has 0 spiro atoms. The van der Waals surface area contributed by atoms with Gasteiger partial charge in [0.05, 0.1) is 0 Å². The van der Waals surface area contributed by atoms with Crippen LogP contribution in [0.15, 0.2) is 0 Å². The Bertz CT molecular complexity index is 480. The first-order valence-corrected chi connectivity index (χ1v) is 7.63. The summed E-state index contributed by atoms with van der Waals surface area (Å²) >= 11 is -16.9. The molecular weight excluding hydrogens is 514 g/mol. The molecule has 0 amide bonds. The van der Waals surface area contributed by atoms with Crippen molar-refractivity contribution in [3.8, 4) is 0 Å². The zero-order chi connectivity index (χ0) is 13.5. The molecule has 0 bridgehead atoms. The maximum atomic E-state index is 8.58. The van der Waals surface area contributed by atoms with E-state index < -0.39 is 38.9 Å². The van der Waals surface area contributed by atoms with E-state index in [0.29, 0.717) is 0 Å². The Balaban J connectivity index is -0.0000000655. The summed E-state index contributed by atoms with van der Waals surface area (Å²) in [4.78, 5) is 0. The Morgan fingerprint density at radius 1 is 0.438 bits per heavy atom. The molecule has 0 unspecified atom stereocenters. The molecule has 101 valence electrons. The molecular formula is GdMn3O12. The summed E-state index contributed by atoms with van der Waals surface area (Å²) in [6.07, 6.45) is 0. The molecule has 0 aromatic heterocycles. The fraction of sp³-hybridized carbons (Fsp3) is 0. The summed E-state index contributed by atoms with van der Waals surface area (Å²) in [5.74, 6) is 0. The van der Waals surface area contributed by atoms with Crippen LogP contribution in [-0.2, 0) is 73.4 Å². The average molecular weight is 514 g/mol. The molecule has 12 nitrogen and oxygen atoms in total. The van der Waals surface area contributed by atoms with Crippen LogP contribution in [0, 0.1) is 39.9 Å². The Morgan fingerprint density at radius 3 is 0.438 bits per heavy atom. The topological polar surface area (TPSA) is 223 Å². The monoisotopic (exact) mass is 515 g/mol. The number of hydrogen-bond donors (Lipinski definition) is 0. The van der Waals surface area contributed by atoms with Crippen LogP contribution in [-0.4, -0.2) is 0 Å². The van der Waals surface area contributed by atoms with Gasteiger partial charge in [0.2, 0.25) is 0 Å². The molecule has 0 aliphatic carbocycles. The molecule has 0 heterocycles. The molecule has 0 rings (SSSR count). The predicted octanol–water partition coefficient (Wildman–Crippen LogP) is -4.64. The van der Waals surface area contributed by atoms with Crippen LogP contribution in [0.1, 0.15) is 0 Å². The summed E-state index contributed by atoms with van der Waals surface area (Å²) in [7, 11) is 0. The van der Waals surface area contributed by atoms with Gasteiger partial charge in [-0.25, -0.2) is 0 Å². The van der Waals surface area contributed by atoms with Crippen LogP contribution in [0.4, 0.5) is 0 Å². The van der Waals surface area contributed by atoms with Crippen molar-refractivity contribution in [2.75, 3.05) is 0 Å². The fourth-order valence-corrected chi connectivity index (χ4v) is 0. The molecule has 16 heteroatoms. The van der Waals surface area contributed by atoms with Gasteiger partial charge in [0.1, 0.15) is 0 Å². The van der Waals surface area contributed by atoms with E-state index in [1.807, 2.05) is 0 Å². The SMILES string of the molecule is [Gd+3].[O]=[Mn](=[O])(=[O])[O-].[O]=[Mn](=[O])(=[O])[O-].[O]=[Mn](=[O])(=[O])[O-]. The molecule has 0 saturated carbocycles. The normalized spacial score (nSPS) is 10.7. The van der Waals surface area contributed by atoms with E-state index in [0.717, 1.165) is 0 Å². The van der Waals surface area contributed by atoms with Crippen LogP contribution in [0.3, 0.4) is 0 Å². The Morgan fingerprint density at radius 2 is 0.438 bits per heavy atom. The van der Waals surface area contributed by atoms with E-state index in [-0.39, 0.29) is 39.9 Å². The molecule has 0 aromatic carbocycles. The van der Waals surface area contributed by atoms with Gasteiger partial charge in [0.25, 0.3) is 0 Å². The second kappa shape index (κ2) is 9.94. The number of rotatable bonds is 0. The van der Waals surface area contributed by atoms with Gasteiger partial charge in [-0.1, -0.05) is 0 Å². The molecule has 0 fully saturated rings. The summed E-state index contributed by atoms with van der Waals surface area (Å²) in [5, 5.41) is 0. The first-order valence-electron chi connectivity index (χ1n) is 1.85. The van der Waals surface area contributed by atoms with E-state index in [1.165, 1.54) is 0 Å². The zero-order valence-electron chi connectivity index (χ0n) is 6.39. The van der Waals surface area contributed by atoms with E-state index in [9.17, 15) is 0 Å². The molecule has 0 saturated heterocycles. The summed E-state index contributed by atoms with van der Waals surface area (Å²) in [6.45, 7) is 0. The van der Waals surface area contributed by atoms with Crippen molar-refractivity contribution in [1.29, 1.82) is 0 Å². The van der Waals surface area contributed by atoms with Crippen molar-refractivity contribution in [1.82, 2.24) is 0 Å². The van der Waals surface area contributed by atoms with Crippen molar-refractivity contribution >= 4 is 0 Å². The van der Waals surface area contributed by atoms with Crippen molar-refractivity contribution in [3.05, 3.63) is 0 Å². The van der Waals surface area contributed by atoms with Gasteiger partial charge in [0, 0.05) is 0 Å². The Hall–Kier alpha value is 0.963. The van der Waals surface area contributed by atoms with Crippen LogP contribution >= 0.6 is 0 Å². The average Bonchev–Trinajstić information content (AvgIpc) is 1.41. The second-order valence-electron chi connectivity index (χ2n) is 1.13. The number of hydrogen-bond acceptors (Lipinski definition) is 12. The fourth-order valence-electron chi connectivity index (χ4n) is 0. The van der Waals surface area contributed by atoms with Gasteiger partial charge in [-0.05, 0) is 0 Å². The van der Waals surface area contributed by atoms with Crippen LogP contribution in [0.5, 0.6) is 0 Å². The molecule has 0 aromatic rings. The standard InChI is InChI=1S/Gd.3Mn.12O/q+3;;;;;;;;;;;;;3*-1. The van der Waals surface area contributed by atoms with Crippen molar-refractivity contribution in [2.45, 2.75) is 0 Å². The third-order valence-electron chi connectivity index (χ3n) is 0. The third-order valence-corrected chi connectivity index (χ3v) is 0. The minimum atomic E-state index is -5.62. The van der Waals surface area contributed by atoms with Gasteiger partial charge >= 0.3 is 126 Å². The Kier molecular flexibility index (Phi) is 16.0. The van der Waals surface area contributed by atoms with Gasteiger partial charge in [0.15, 0.2) is 0 Å². The van der Waals surface area contributed by atoms with Gasteiger partial charge in [-0.15, -0.1) is 0 Å². The first-order chi connectivity index (χ1) is 6.00. The second-order valence-corrected chi connectivity index (χ2v) is 4.68. The van der Waals surface area contributed by atoms with Crippen LogP contribution in [0.2, 0.25) is 0 Å². The Labute approximate surface area is 124 Å². The third kappa shape index (κ3) is 3150. The maximum absolute atomic E-state index is 8.58. The van der Waals surface area contributed by atoms with E-state index in [2.05, 4.69) is 0 Å². The summed E-state index contributed by atoms with van der Waals surface area (Å²) in [5.41, 5.74) is 0. The van der Waals surface area contributed by atoms with Gasteiger partial charge < -0.3 is 0 Å². The van der Waals surface area contributed by atoms with Crippen molar-refractivity contribution in [2.24, 2.45) is 0 Å². The summed E-state index contributed by atoms with van der Waals surface area (Å²) < 4.78 is 103. The van der Waals surface area contributed by atoms with Crippen molar-refractivity contribution < 1.29 is 126 Å². The van der Waals surface area contributed by atoms with Crippen molar-refractivity contribution in [3.63, 3.8) is 0 Å². The quantitative estimate of drug-likeness (QED) is 0.279. The zero-order valence-corrected chi connectivity index (χ0v) is 12.2. The minimum absolute atomic E-state index is 0. The molecule has 0 N–H and O–H groups in total. The first kappa shape index (κ1) is 25.7. The molecule has 1 radical (unpaired) electrons. The molecule has 0 aliphatic heterocycles. The van der Waals surface area contributed by atoms with E-state index in [4.69, 9.17) is 47.1 Å². The summed E-state index contributed by atoms with van der Waals surface area (Å²) in [6, 6.07) is 0. The predicted molar refractivity (Wildman–Crippen MR) is 6.18 cm³/mol. The van der Waals surface area contributed by atoms with Gasteiger partial charge in [-0.2, -0.15) is 0 Å². The van der Waals surface area contributed by atoms with Gasteiger partial charge in [-0.3, -0.25) is 0 Å². The van der Waals surface area contributed by atoms with E-state index in [1.54, 1.807) is 0 Å². The molecule has 0 atom stereocenters. The van der Waals surface area contributed by atoms with E-state index >= 15 is 0 Å². The molecule has 16 heavy (non-hydrogen) atoms.